The van der Waals surface area contributed by atoms with Crippen LogP contribution >= 0.6 is 11.3 Å². The average molecular weight is 196 g/mol. The zero-order valence-corrected chi connectivity index (χ0v) is 8.18. The number of ether oxygens (including phenoxy) is 1. The predicted octanol–water partition coefficient (Wildman–Crippen LogP) is 2.04. The Morgan fingerprint density at radius 2 is 2.38 bits per heavy atom. The van der Waals surface area contributed by atoms with Crippen LogP contribution in [0, 0.1) is 0 Å². The first-order chi connectivity index (χ1) is 6.34. The summed E-state index contributed by atoms with van der Waals surface area (Å²) in [6.45, 7) is 0.748. The Labute approximate surface area is 81.5 Å². The molecule has 0 aromatic carbocycles. The van der Waals surface area contributed by atoms with Crippen LogP contribution in [0.15, 0.2) is 17.5 Å². The topological polar surface area (TPSA) is 26.3 Å². The molecule has 0 unspecified atom stereocenters. The van der Waals surface area contributed by atoms with Crippen LogP contribution in [0.4, 0.5) is 0 Å². The fourth-order valence-corrected chi connectivity index (χ4v) is 2.04. The lowest BCUT2D eigenvalue weighted by atomic mass is 9.94. The molecule has 1 aliphatic rings. The van der Waals surface area contributed by atoms with Crippen molar-refractivity contribution in [3.8, 4) is 0 Å². The smallest absolute Gasteiger partial charge is 0.138 e. The standard InChI is InChI=1S/C10H12O2S/c11-8-6-9(7-8)12-4-3-10-2-1-5-13-10/h1-2,5,9H,3-4,6-7H2. The molecule has 0 saturated heterocycles. The summed E-state index contributed by atoms with van der Waals surface area (Å²) < 4.78 is 5.51. The second kappa shape index (κ2) is 4.03. The summed E-state index contributed by atoms with van der Waals surface area (Å²) in [5, 5.41) is 2.07. The molecule has 70 valence electrons. The van der Waals surface area contributed by atoms with Crippen molar-refractivity contribution in [2.24, 2.45) is 0 Å². The van der Waals surface area contributed by atoms with E-state index in [1.807, 2.05) is 6.07 Å². The fraction of sp³-hybridized carbons (Fsp3) is 0.500. The van der Waals surface area contributed by atoms with Gasteiger partial charge in [0.2, 0.25) is 0 Å². The van der Waals surface area contributed by atoms with Gasteiger partial charge in [-0.3, -0.25) is 4.79 Å². The van der Waals surface area contributed by atoms with Crippen molar-refractivity contribution in [1.29, 1.82) is 0 Å². The Hall–Kier alpha value is -0.670. The van der Waals surface area contributed by atoms with Crippen molar-refractivity contribution in [3.05, 3.63) is 22.4 Å². The van der Waals surface area contributed by atoms with Crippen molar-refractivity contribution in [2.45, 2.75) is 25.4 Å². The summed E-state index contributed by atoms with van der Waals surface area (Å²) in [4.78, 5) is 12.0. The van der Waals surface area contributed by atoms with Crippen LogP contribution in [-0.2, 0) is 16.0 Å². The first-order valence-corrected chi connectivity index (χ1v) is 5.38. The van der Waals surface area contributed by atoms with Crippen LogP contribution in [0.25, 0.3) is 0 Å². The Morgan fingerprint density at radius 1 is 1.54 bits per heavy atom. The van der Waals surface area contributed by atoms with Crippen molar-refractivity contribution < 1.29 is 9.53 Å². The van der Waals surface area contributed by atoms with Gasteiger partial charge in [0.25, 0.3) is 0 Å². The third kappa shape index (κ3) is 2.39. The molecular formula is C10H12O2S. The maximum Gasteiger partial charge on any atom is 0.138 e. The molecule has 1 saturated carbocycles. The maximum atomic E-state index is 10.6. The van der Waals surface area contributed by atoms with Crippen LogP contribution in [0.2, 0.25) is 0 Å². The molecule has 1 aromatic heterocycles. The monoisotopic (exact) mass is 196 g/mol. The van der Waals surface area contributed by atoms with E-state index >= 15 is 0 Å². The quantitative estimate of drug-likeness (QED) is 0.736. The number of rotatable bonds is 4. The average Bonchev–Trinajstić information content (AvgIpc) is 2.53. The highest BCUT2D eigenvalue weighted by Crippen LogP contribution is 2.18. The summed E-state index contributed by atoms with van der Waals surface area (Å²) in [6.07, 6.45) is 2.45. The lowest BCUT2D eigenvalue weighted by Gasteiger charge is -2.23. The van der Waals surface area contributed by atoms with Crippen LogP contribution in [0.5, 0.6) is 0 Å². The highest BCUT2D eigenvalue weighted by atomic mass is 32.1. The van der Waals surface area contributed by atoms with E-state index in [0.717, 1.165) is 13.0 Å². The van der Waals surface area contributed by atoms with E-state index in [9.17, 15) is 4.79 Å². The van der Waals surface area contributed by atoms with Crippen LogP contribution in [0.1, 0.15) is 17.7 Å². The van der Waals surface area contributed by atoms with Crippen molar-refractivity contribution in [3.63, 3.8) is 0 Å². The summed E-state index contributed by atoms with van der Waals surface area (Å²) in [6, 6.07) is 4.16. The van der Waals surface area contributed by atoms with Gasteiger partial charge in [0.15, 0.2) is 0 Å². The Kier molecular flexibility index (Phi) is 2.76. The molecule has 2 rings (SSSR count). The minimum absolute atomic E-state index is 0.215. The highest BCUT2D eigenvalue weighted by Gasteiger charge is 2.26. The van der Waals surface area contributed by atoms with Crippen LogP contribution < -0.4 is 0 Å². The third-order valence-corrected chi connectivity index (χ3v) is 3.13. The molecule has 1 aliphatic carbocycles. The largest absolute Gasteiger partial charge is 0.377 e. The zero-order valence-electron chi connectivity index (χ0n) is 7.36. The van der Waals surface area contributed by atoms with Crippen molar-refractivity contribution in [1.82, 2.24) is 0 Å². The van der Waals surface area contributed by atoms with E-state index in [0.29, 0.717) is 18.6 Å². The van der Waals surface area contributed by atoms with E-state index in [-0.39, 0.29) is 6.10 Å². The summed E-state index contributed by atoms with van der Waals surface area (Å²) in [5.41, 5.74) is 0. The molecule has 13 heavy (non-hydrogen) atoms. The number of Topliss-reactive ketones (excluding diaryl/α,β-unsaturated/α-hetero) is 1. The van der Waals surface area contributed by atoms with E-state index in [4.69, 9.17) is 4.74 Å². The van der Waals surface area contributed by atoms with Crippen LogP contribution in [0.3, 0.4) is 0 Å². The predicted molar refractivity (Wildman–Crippen MR) is 52.0 cm³/mol. The molecule has 1 fully saturated rings. The third-order valence-electron chi connectivity index (χ3n) is 2.19. The van der Waals surface area contributed by atoms with Crippen LogP contribution in [-0.4, -0.2) is 18.5 Å². The summed E-state index contributed by atoms with van der Waals surface area (Å²) >= 11 is 1.75. The van der Waals surface area contributed by atoms with Gasteiger partial charge in [-0.05, 0) is 11.4 Å². The molecular weight excluding hydrogens is 184 g/mol. The van der Waals surface area contributed by atoms with Gasteiger partial charge in [-0.2, -0.15) is 0 Å². The second-order valence-electron chi connectivity index (χ2n) is 3.27. The summed E-state index contributed by atoms with van der Waals surface area (Å²) in [7, 11) is 0. The van der Waals surface area contributed by atoms with E-state index in [2.05, 4.69) is 11.4 Å². The number of hydrogen-bond acceptors (Lipinski definition) is 3. The normalized spacial score (nSPS) is 17.4. The maximum absolute atomic E-state index is 10.6. The first-order valence-electron chi connectivity index (χ1n) is 4.50. The Bertz CT molecular complexity index is 271. The molecule has 0 bridgehead atoms. The fourth-order valence-electron chi connectivity index (χ4n) is 1.35. The van der Waals surface area contributed by atoms with Gasteiger partial charge in [-0.1, -0.05) is 6.07 Å². The van der Waals surface area contributed by atoms with Gasteiger partial charge in [-0.15, -0.1) is 11.3 Å². The van der Waals surface area contributed by atoms with Gasteiger partial charge in [0.05, 0.1) is 12.7 Å². The molecule has 1 heterocycles. The van der Waals surface area contributed by atoms with Gasteiger partial charge in [0, 0.05) is 24.1 Å². The number of carbonyl (C=O) groups excluding carboxylic acids is 1. The Morgan fingerprint density at radius 3 is 3.00 bits per heavy atom. The molecule has 0 radical (unpaired) electrons. The van der Waals surface area contributed by atoms with E-state index in [1.54, 1.807) is 11.3 Å². The molecule has 0 N–H and O–H groups in total. The molecule has 0 atom stereocenters. The van der Waals surface area contributed by atoms with Gasteiger partial charge in [-0.25, -0.2) is 0 Å². The van der Waals surface area contributed by atoms with E-state index in [1.165, 1.54) is 4.88 Å². The molecule has 2 nitrogen and oxygen atoms in total. The minimum atomic E-state index is 0.215. The number of hydrogen-bond donors (Lipinski definition) is 0. The molecule has 0 spiro atoms. The SMILES string of the molecule is O=C1CC(OCCc2cccs2)C1. The van der Waals surface area contributed by atoms with Crippen molar-refractivity contribution in [2.75, 3.05) is 6.61 Å². The lowest BCUT2D eigenvalue weighted by molar-refractivity contribution is -0.134. The van der Waals surface area contributed by atoms with Crippen molar-refractivity contribution >= 4 is 17.1 Å². The molecule has 1 aromatic rings. The second-order valence-corrected chi connectivity index (χ2v) is 4.30. The summed E-state index contributed by atoms with van der Waals surface area (Å²) in [5.74, 6) is 0.334. The number of ketones is 1. The minimum Gasteiger partial charge on any atom is -0.377 e. The zero-order chi connectivity index (χ0) is 9.10. The Balaban J connectivity index is 1.62. The lowest BCUT2D eigenvalue weighted by Crippen LogP contribution is -2.31. The number of carbonyl (C=O) groups is 1. The van der Waals surface area contributed by atoms with E-state index < -0.39 is 0 Å². The van der Waals surface area contributed by atoms with Gasteiger partial charge < -0.3 is 4.74 Å². The highest BCUT2D eigenvalue weighted by molar-refractivity contribution is 7.09. The van der Waals surface area contributed by atoms with Gasteiger partial charge >= 0.3 is 0 Å². The first kappa shape index (κ1) is 8.91. The van der Waals surface area contributed by atoms with Gasteiger partial charge in [0.1, 0.15) is 5.78 Å². The number of thiophene rings is 1. The molecule has 3 heteroatoms. The molecule has 0 aliphatic heterocycles. The molecule has 0 amide bonds.